The second-order valence-electron chi connectivity index (χ2n) is 4.13. The lowest BCUT2D eigenvalue weighted by Crippen LogP contribution is -2.19. The van der Waals surface area contributed by atoms with Crippen LogP contribution < -0.4 is 5.32 Å². The summed E-state index contributed by atoms with van der Waals surface area (Å²) in [6.45, 7) is 4.37. The predicted octanol–water partition coefficient (Wildman–Crippen LogP) is 3.99. The Hall–Kier alpha value is -1.12. The van der Waals surface area contributed by atoms with Crippen LogP contribution in [0.25, 0.3) is 0 Å². The lowest BCUT2D eigenvalue weighted by Gasteiger charge is -2.18. The molecule has 16 heavy (non-hydrogen) atoms. The van der Waals surface area contributed by atoms with E-state index in [0.29, 0.717) is 6.04 Å². The van der Waals surface area contributed by atoms with E-state index in [4.69, 9.17) is 0 Å². The molecule has 1 aromatic heterocycles. The van der Waals surface area contributed by atoms with Gasteiger partial charge in [0, 0.05) is 6.04 Å². The first-order chi connectivity index (χ1) is 7.76. The van der Waals surface area contributed by atoms with E-state index in [9.17, 15) is 4.39 Å². The highest BCUT2D eigenvalue weighted by Crippen LogP contribution is 2.13. The monoisotopic (exact) mass is 224 g/mol. The molecule has 1 atom stereocenters. The number of nitrogens with zero attached hydrogens (tertiary/aromatic N) is 1. The fourth-order valence-electron chi connectivity index (χ4n) is 1.76. The van der Waals surface area contributed by atoms with Gasteiger partial charge in [0.25, 0.3) is 0 Å². The van der Waals surface area contributed by atoms with Crippen LogP contribution in [0.2, 0.25) is 0 Å². The molecule has 0 saturated heterocycles. The van der Waals surface area contributed by atoms with Crippen molar-refractivity contribution < 1.29 is 4.39 Å². The molecule has 3 heteroatoms. The van der Waals surface area contributed by atoms with Gasteiger partial charge >= 0.3 is 0 Å². The summed E-state index contributed by atoms with van der Waals surface area (Å²) in [5.41, 5.74) is 0. The first kappa shape index (κ1) is 12.9. The Morgan fingerprint density at radius 3 is 2.62 bits per heavy atom. The fourth-order valence-corrected chi connectivity index (χ4v) is 1.76. The Bertz CT molecular complexity index is 284. The molecule has 90 valence electrons. The number of halogens is 1. The number of nitrogens with one attached hydrogen (secondary N) is 1. The molecule has 1 aromatic rings. The standard InChI is InChI=1S/C13H21FN2/c1-3-5-7-12(6-4-2)16-13-9-8-11(14)10-15-13/h8-10,12H,3-7H2,1-2H3,(H,15,16). The maximum Gasteiger partial charge on any atom is 0.141 e. The molecule has 1 unspecified atom stereocenters. The number of aromatic nitrogens is 1. The van der Waals surface area contributed by atoms with Crippen molar-refractivity contribution in [3.8, 4) is 0 Å². The van der Waals surface area contributed by atoms with Crippen molar-refractivity contribution in [3.63, 3.8) is 0 Å². The van der Waals surface area contributed by atoms with Crippen LogP contribution >= 0.6 is 0 Å². The average Bonchev–Trinajstić information content (AvgIpc) is 2.29. The van der Waals surface area contributed by atoms with Crippen molar-refractivity contribution in [1.29, 1.82) is 0 Å². The Morgan fingerprint density at radius 2 is 2.06 bits per heavy atom. The van der Waals surface area contributed by atoms with E-state index in [1.807, 2.05) is 0 Å². The van der Waals surface area contributed by atoms with E-state index in [0.717, 1.165) is 25.1 Å². The molecule has 0 aromatic carbocycles. The zero-order valence-corrected chi connectivity index (χ0v) is 10.2. The zero-order valence-electron chi connectivity index (χ0n) is 10.2. The fraction of sp³-hybridized carbons (Fsp3) is 0.615. The molecular weight excluding hydrogens is 203 g/mol. The quantitative estimate of drug-likeness (QED) is 0.757. The minimum atomic E-state index is -0.286. The van der Waals surface area contributed by atoms with Crippen LogP contribution in [-0.2, 0) is 0 Å². The number of hydrogen-bond acceptors (Lipinski definition) is 2. The van der Waals surface area contributed by atoms with Crippen molar-refractivity contribution in [2.75, 3.05) is 5.32 Å². The Balaban J connectivity index is 2.49. The van der Waals surface area contributed by atoms with Crippen molar-refractivity contribution >= 4 is 5.82 Å². The van der Waals surface area contributed by atoms with Gasteiger partial charge in [0.1, 0.15) is 11.6 Å². The highest BCUT2D eigenvalue weighted by atomic mass is 19.1. The topological polar surface area (TPSA) is 24.9 Å². The van der Waals surface area contributed by atoms with Gasteiger partial charge < -0.3 is 5.32 Å². The molecule has 0 spiro atoms. The van der Waals surface area contributed by atoms with Gasteiger partial charge in [-0.05, 0) is 25.0 Å². The summed E-state index contributed by atoms with van der Waals surface area (Å²) in [7, 11) is 0. The lowest BCUT2D eigenvalue weighted by molar-refractivity contribution is 0.562. The number of rotatable bonds is 7. The molecule has 0 aliphatic carbocycles. The summed E-state index contributed by atoms with van der Waals surface area (Å²) >= 11 is 0. The van der Waals surface area contributed by atoms with Gasteiger partial charge in [-0.3, -0.25) is 0 Å². The van der Waals surface area contributed by atoms with Gasteiger partial charge in [-0.25, -0.2) is 9.37 Å². The Labute approximate surface area is 97.3 Å². The summed E-state index contributed by atoms with van der Waals surface area (Å²) in [5.74, 6) is 0.488. The van der Waals surface area contributed by atoms with E-state index in [1.165, 1.54) is 25.1 Å². The molecule has 0 aliphatic rings. The minimum absolute atomic E-state index is 0.286. The smallest absolute Gasteiger partial charge is 0.141 e. The number of unbranched alkanes of at least 4 members (excludes halogenated alkanes) is 1. The van der Waals surface area contributed by atoms with E-state index in [-0.39, 0.29) is 5.82 Å². The van der Waals surface area contributed by atoms with E-state index in [2.05, 4.69) is 24.1 Å². The normalized spacial score (nSPS) is 12.4. The molecule has 0 amide bonds. The van der Waals surface area contributed by atoms with Crippen LogP contribution in [0.3, 0.4) is 0 Å². The van der Waals surface area contributed by atoms with Crippen molar-refractivity contribution in [2.24, 2.45) is 0 Å². The predicted molar refractivity (Wildman–Crippen MR) is 66.0 cm³/mol. The summed E-state index contributed by atoms with van der Waals surface area (Å²) in [5, 5.41) is 3.36. The van der Waals surface area contributed by atoms with Gasteiger partial charge in [-0.15, -0.1) is 0 Å². The van der Waals surface area contributed by atoms with Crippen LogP contribution in [0.15, 0.2) is 18.3 Å². The SMILES string of the molecule is CCCCC(CCC)Nc1ccc(F)cn1. The van der Waals surface area contributed by atoms with Gasteiger partial charge in [-0.2, -0.15) is 0 Å². The van der Waals surface area contributed by atoms with Crippen molar-refractivity contribution in [2.45, 2.75) is 52.0 Å². The molecule has 0 radical (unpaired) electrons. The van der Waals surface area contributed by atoms with Gasteiger partial charge in [-0.1, -0.05) is 33.1 Å². The first-order valence-corrected chi connectivity index (χ1v) is 6.14. The Kier molecular flexibility index (Phi) is 5.83. The first-order valence-electron chi connectivity index (χ1n) is 6.14. The van der Waals surface area contributed by atoms with Crippen LogP contribution in [-0.4, -0.2) is 11.0 Å². The summed E-state index contributed by atoms with van der Waals surface area (Å²) in [6.07, 6.45) is 7.13. The average molecular weight is 224 g/mol. The lowest BCUT2D eigenvalue weighted by atomic mass is 10.1. The Morgan fingerprint density at radius 1 is 1.25 bits per heavy atom. The van der Waals surface area contributed by atoms with Gasteiger partial charge in [0.15, 0.2) is 0 Å². The van der Waals surface area contributed by atoms with Crippen molar-refractivity contribution in [1.82, 2.24) is 4.98 Å². The number of pyridine rings is 1. The number of anilines is 1. The van der Waals surface area contributed by atoms with Crippen LogP contribution in [0.5, 0.6) is 0 Å². The van der Waals surface area contributed by atoms with Gasteiger partial charge in [0.2, 0.25) is 0 Å². The van der Waals surface area contributed by atoms with E-state index >= 15 is 0 Å². The second-order valence-corrected chi connectivity index (χ2v) is 4.13. The molecule has 1 rings (SSSR count). The molecular formula is C13H21FN2. The maximum absolute atomic E-state index is 12.7. The zero-order chi connectivity index (χ0) is 11.8. The highest BCUT2D eigenvalue weighted by molar-refractivity contribution is 5.34. The summed E-state index contributed by atoms with van der Waals surface area (Å²) in [6, 6.07) is 3.60. The number of hydrogen-bond donors (Lipinski definition) is 1. The van der Waals surface area contributed by atoms with E-state index in [1.54, 1.807) is 6.07 Å². The molecule has 0 bridgehead atoms. The molecule has 1 N–H and O–H groups in total. The molecule has 0 aliphatic heterocycles. The van der Waals surface area contributed by atoms with Crippen LogP contribution in [0.1, 0.15) is 46.0 Å². The summed E-state index contributed by atoms with van der Waals surface area (Å²) in [4.78, 5) is 4.02. The maximum atomic E-state index is 12.7. The second kappa shape index (κ2) is 7.20. The van der Waals surface area contributed by atoms with Gasteiger partial charge in [0.05, 0.1) is 6.20 Å². The third kappa shape index (κ3) is 4.60. The van der Waals surface area contributed by atoms with E-state index < -0.39 is 0 Å². The largest absolute Gasteiger partial charge is 0.367 e. The van der Waals surface area contributed by atoms with Crippen LogP contribution in [0.4, 0.5) is 10.2 Å². The summed E-state index contributed by atoms with van der Waals surface area (Å²) < 4.78 is 12.7. The third-order valence-electron chi connectivity index (χ3n) is 2.62. The molecule has 2 nitrogen and oxygen atoms in total. The molecule has 0 fully saturated rings. The molecule has 0 saturated carbocycles. The molecule has 1 heterocycles. The highest BCUT2D eigenvalue weighted by Gasteiger charge is 2.07. The van der Waals surface area contributed by atoms with Crippen LogP contribution in [0, 0.1) is 5.82 Å². The third-order valence-corrected chi connectivity index (χ3v) is 2.62. The van der Waals surface area contributed by atoms with Crippen molar-refractivity contribution in [3.05, 3.63) is 24.1 Å². The minimum Gasteiger partial charge on any atom is -0.367 e.